The Hall–Kier alpha value is -3.37. The molecule has 0 saturated carbocycles. The van der Waals surface area contributed by atoms with E-state index in [0.717, 1.165) is 46.4 Å². The van der Waals surface area contributed by atoms with Crippen LogP contribution in [0, 0.1) is 5.82 Å². The summed E-state index contributed by atoms with van der Waals surface area (Å²) >= 11 is 0. The zero-order chi connectivity index (χ0) is 24.3. The Labute approximate surface area is 201 Å². The molecule has 10 heteroatoms. The SMILES string of the molecule is CC(C)c1c(-c2cn3ncnc3c3c2COC3)[nH]c2cnc(C3CCN(CC(N)=O)CC3)c(F)c12. The molecule has 0 unspecified atom stereocenters. The standard InChI is InChI=1S/C25H28FN7O2/c1-13(2)20-21-18(7-28-23(22(21)26)14-3-5-32(6-4-14)9-19(27)34)31-24(20)15-8-33-25(29-12-30-33)17-11-35-10-16(15)17/h7-8,12-14,31H,3-6,9-11H2,1-2H3,(H2,27,34). The van der Waals surface area contributed by atoms with E-state index in [1.54, 1.807) is 10.7 Å². The molecule has 6 heterocycles. The molecule has 1 amide bonds. The van der Waals surface area contributed by atoms with E-state index in [1.807, 2.05) is 11.1 Å². The molecule has 0 aliphatic carbocycles. The Morgan fingerprint density at radius 1 is 1.26 bits per heavy atom. The largest absolute Gasteiger partial charge is 0.372 e. The Morgan fingerprint density at radius 3 is 2.77 bits per heavy atom. The molecule has 1 fully saturated rings. The molecule has 3 N–H and O–H groups in total. The molecule has 0 aromatic carbocycles. The Kier molecular flexibility index (Phi) is 5.30. The van der Waals surface area contributed by atoms with Gasteiger partial charge in [-0.3, -0.25) is 14.7 Å². The summed E-state index contributed by atoms with van der Waals surface area (Å²) in [6.45, 7) is 6.77. The number of hydrogen-bond donors (Lipinski definition) is 2. The molecule has 0 radical (unpaired) electrons. The van der Waals surface area contributed by atoms with E-state index in [0.29, 0.717) is 42.9 Å². The van der Waals surface area contributed by atoms with Crippen LogP contribution in [0.15, 0.2) is 18.7 Å². The number of nitrogens with one attached hydrogen (secondary N) is 1. The normalized spacial score (nSPS) is 17.1. The number of pyridine rings is 2. The van der Waals surface area contributed by atoms with Gasteiger partial charge in [0.2, 0.25) is 5.91 Å². The number of primary amides is 1. The molecule has 182 valence electrons. The molecule has 2 aliphatic rings. The number of halogens is 1. The highest BCUT2D eigenvalue weighted by molar-refractivity contribution is 5.92. The Morgan fingerprint density at radius 2 is 2.03 bits per heavy atom. The van der Waals surface area contributed by atoms with Gasteiger partial charge in [0.1, 0.15) is 6.33 Å². The number of piperidine rings is 1. The van der Waals surface area contributed by atoms with E-state index >= 15 is 4.39 Å². The topological polar surface area (TPSA) is 114 Å². The minimum atomic E-state index is -0.337. The molecule has 4 aromatic rings. The summed E-state index contributed by atoms with van der Waals surface area (Å²) in [5, 5.41) is 4.95. The van der Waals surface area contributed by atoms with Crippen LogP contribution < -0.4 is 5.73 Å². The predicted molar refractivity (Wildman–Crippen MR) is 128 cm³/mol. The summed E-state index contributed by atoms with van der Waals surface area (Å²) in [5.41, 5.74) is 12.2. The number of likely N-dealkylation sites (tertiary alicyclic amines) is 1. The van der Waals surface area contributed by atoms with E-state index in [9.17, 15) is 4.79 Å². The van der Waals surface area contributed by atoms with Crippen molar-refractivity contribution in [3.8, 4) is 11.3 Å². The van der Waals surface area contributed by atoms with Crippen LogP contribution in [0.5, 0.6) is 0 Å². The summed E-state index contributed by atoms with van der Waals surface area (Å²) in [6, 6.07) is 0. The van der Waals surface area contributed by atoms with Crippen LogP contribution in [-0.4, -0.2) is 55.0 Å². The highest BCUT2D eigenvalue weighted by Gasteiger charge is 2.30. The highest BCUT2D eigenvalue weighted by Crippen LogP contribution is 2.42. The van der Waals surface area contributed by atoms with Gasteiger partial charge >= 0.3 is 0 Å². The van der Waals surface area contributed by atoms with Gasteiger partial charge in [-0.15, -0.1) is 0 Å². The number of fused-ring (bicyclic) bond motifs is 4. The van der Waals surface area contributed by atoms with Gasteiger partial charge in [0, 0.05) is 28.6 Å². The minimum absolute atomic E-state index is 0.00559. The van der Waals surface area contributed by atoms with Gasteiger partial charge in [-0.2, -0.15) is 5.10 Å². The quantitative estimate of drug-likeness (QED) is 0.456. The van der Waals surface area contributed by atoms with Gasteiger partial charge in [0.05, 0.1) is 42.9 Å². The van der Waals surface area contributed by atoms with Crippen molar-refractivity contribution in [2.75, 3.05) is 19.6 Å². The average molecular weight is 478 g/mol. The minimum Gasteiger partial charge on any atom is -0.372 e. The van der Waals surface area contributed by atoms with Crippen LogP contribution in [0.2, 0.25) is 0 Å². The molecule has 1 saturated heterocycles. The van der Waals surface area contributed by atoms with Crippen molar-refractivity contribution in [2.45, 2.75) is 51.7 Å². The van der Waals surface area contributed by atoms with E-state index in [4.69, 9.17) is 10.5 Å². The Balaban J connectivity index is 1.46. The molecule has 0 atom stereocenters. The maximum Gasteiger partial charge on any atom is 0.231 e. The van der Waals surface area contributed by atoms with Gasteiger partial charge in [-0.1, -0.05) is 13.8 Å². The first-order valence-corrected chi connectivity index (χ1v) is 12.0. The first-order chi connectivity index (χ1) is 16.9. The van der Waals surface area contributed by atoms with Crippen molar-refractivity contribution < 1.29 is 13.9 Å². The number of amides is 1. The fraction of sp³-hybridized carbons (Fsp3) is 0.440. The molecule has 0 bridgehead atoms. The fourth-order valence-electron chi connectivity index (χ4n) is 5.69. The number of rotatable bonds is 5. The van der Waals surface area contributed by atoms with Gasteiger partial charge in [0.15, 0.2) is 11.5 Å². The van der Waals surface area contributed by atoms with Crippen molar-refractivity contribution in [2.24, 2.45) is 5.73 Å². The van der Waals surface area contributed by atoms with Gasteiger partial charge in [-0.05, 0) is 43.0 Å². The smallest absolute Gasteiger partial charge is 0.231 e. The second-order valence-corrected chi connectivity index (χ2v) is 9.85. The molecule has 0 spiro atoms. The molecular formula is C25H28FN7O2. The third-order valence-electron chi connectivity index (χ3n) is 7.32. The van der Waals surface area contributed by atoms with Gasteiger partial charge < -0.3 is 15.5 Å². The summed E-state index contributed by atoms with van der Waals surface area (Å²) in [7, 11) is 0. The number of aromatic nitrogens is 5. The number of carbonyl (C=O) groups is 1. The lowest BCUT2D eigenvalue weighted by atomic mass is 9.90. The van der Waals surface area contributed by atoms with Crippen LogP contribution in [0.1, 0.15) is 60.9 Å². The van der Waals surface area contributed by atoms with Crippen molar-refractivity contribution >= 4 is 22.5 Å². The lowest BCUT2D eigenvalue weighted by Crippen LogP contribution is -2.39. The number of hydrogen-bond acceptors (Lipinski definition) is 6. The zero-order valence-corrected chi connectivity index (χ0v) is 19.8. The summed E-state index contributed by atoms with van der Waals surface area (Å²) in [6.07, 6.45) is 6.73. The van der Waals surface area contributed by atoms with E-state index in [-0.39, 0.29) is 30.1 Å². The summed E-state index contributed by atoms with van der Waals surface area (Å²) in [5.74, 6) is -0.510. The lowest BCUT2D eigenvalue weighted by molar-refractivity contribution is -0.119. The van der Waals surface area contributed by atoms with E-state index in [1.165, 1.54) is 6.33 Å². The average Bonchev–Trinajstić information content (AvgIpc) is 3.56. The van der Waals surface area contributed by atoms with Crippen molar-refractivity contribution in [1.82, 2.24) is 29.5 Å². The van der Waals surface area contributed by atoms with E-state index in [2.05, 4.69) is 33.9 Å². The van der Waals surface area contributed by atoms with E-state index < -0.39 is 0 Å². The lowest BCUT2D eigenvalue weighted by Gasteiger charge is -2.30. The molecule has 6 rings (SSSR count). The second kappa shape index (κ2) is 8.39. The number of aromatic amines is 1. The van der Waals surface area contributed by atoms with Crippen molar-refractivity contribution in [3.63, 3.8) is 0 Å². The maximum absolute atomic E-state index is 16.2. The molecule has 4 aromatic heterocycles. The van der Waals surface area contributed by atoms with Crippen molar-refractivity contribution in [3.05, 3.63) is 46.9 Å². The van der Waals surface area contributed by atoms with Crippen LogP contribution in [-0.2, 0) is 22.7 Å². The van der Waals surface area contributed by atoms with Crippen LogP contribution in [0.3, 0.4) is 0 Å². The zero-order valence-electron chi connectivity index (χ0n) is 19.8. The monoisotopic (exact) mass is 477 g/mol. The number of ether oxygens (including phenoxy) is 1. The van der Waals surface area contributed by atoms with Crippen LogP contribution in [0.25, 0.3) is 27.8 Å². The number of H-pyrrole nitrogens is 1. The van der Waals surface area contributed by atoms with Crippen LogP contribution in [0.4, 0.5) is 4.39 Å². The van der Waals surface area contributed by atoms with Crippen LogP contribution >= 0.6 is 0 Å². The van der Waals surface area contributed by atoms with Gasteiger partial charge in [-0.25, -0.2) is 13.9 Å². The molecule has 9 nitrogen and oxygen atoms in total. The fourth-order valence-corrected chi connectivity index (χ4v) is 5.69. The maximum atomic E-state index is 16.2. The first kappa shape index (κ1) is 22.1. The third kappa shape index (κ3) is 3.59. The summed E-state index contributed by atoms with van der Waals surface area (Å²) in [4.78, 5) is 25.7. The molecular weight excluding hydrogens is 449 g/mol. The predicted octanol–water partition coefficient (Wildman–Crippen LogP) is 3.23. The summed E-state index contributed by atoms with van der Waals surface area (Å²) < 4.78 is 23.7. The molecule has 2 aliphatic heterocycles. The Bertz CT molecular complexity index is 1450. The third-order valence-corrected chi connectivity index (χ3v) is 7.32. The number of nitrogens with zero attached hydrogens (tertiary/aromatic N) is 5. The van der Waals surface area contributed by atoms with Crippen molar-refractivity contribution in [1.29, 1.82) is 0 Å². The number of carbonyl (C=O) groups excluding carboxylic acids is 1. The highest BCUT2D eigenvalue weighted by atomic mass is 19.1. The first-order valence-electron chi connectivity index (χ1n) is 12.0. The second-order valence-electron chi connectivity index (χ2n) is 9.85. The number of nitrogens with two attached hydrogens (primary N) is 1. The van der Waals surface area contributed by atoms with Gasteiger partial charge in [0.25, 0.3) is 0 Å². The molecule has 35 heavy (non-hydrogen) atoms.